The minimum absolute atomic E-state index is 0.110. The quantitative estimate of drug-likeness (QED) is 0.825. The van der Waals surface area contributed by atoms with E-state index >= 15 is 0 Å². The molecule has 0 bridgehead atoms. The predicted molar refractivity (Wildman–Crippen MR) is 99.7 cm³/mol. The third kappa shape index (κ3) is 3.82. The fourth-order valence-electron chi connectivity index (χ4n) is 3.81. The zero-order chi connectivity index (χ0) is 17.3. The summed E-state index contributed by atoms with van der Waals surface area (Å²) in [5, 5.41) is 9.15. The van der Waals surface area contributed by atoms with Gasteiger partial charge in [-0.3, -0.25) is 9.48 Å². The highest BCUT2D eigenvalue weighted by Crippen LogP contribution is 2.46. The van der Waals surface area contributed by atoms with Crippen LogP contribution in [0.3, 0.4) is 0 Å². The molecule has 134 valence electrons. The molecule has 0 atom stereocenters. The molecule has 1 saturated carbocycles. The van der Waals surface area contributed by atoms with Crippen LogP contribution in [0.5, 0.6) is 0 Å². The summed E-state index contributed by atoms with van der Waals surface area (Å²) in [6.45, 7) is 4.99. The summed E-state index contributed by atoms with van der Waals surface area (Å²) in [5.41, 5.74) is 1.32. The average Bonchev–Trinajstić information content (AvgIpc) is 2.99. The van der Waals surface area contributed by atoms with Gasteiger partial charge in [-0.05, 0) is 50.9 Å². The van der Waals surface area contributed by atoms with E-state index in [-0.39, 0.29) is 5.91 Å². The number of carbonyl (C=O) groups excluding carboxylic acids is 1. The molecule has 1 aromatic heterocycles. The number of nitrogens with zero attached hydrogens (tertiary/aromatic N) is 3. The molecular formula is C19H25ClN4O. The zero-order valence-electron chi connectivity index (χ0n) is 14.5. The van der Waals surface area contributed by atoms with Gasteiger partial charge in [0.25, 0.3) is 0 Å². The van der Waals surface area contributed by atoms with Crippen molar-refractivity contribution in [2.75, 3.05) is 26.2 Å². The number of amides is 1. The number of aromatic nitrogens is 2. The van der Waals surface area contributed by atoms with E-state index in [1.807, 2.05) is 22.9 Å². The number of carbonyl (C=O) groups is 1. The highest BCUT2D eigenvalue weighted by atomic mass is 35.5. The van der Waals surface area contributed by atoms with Crippen LogP contribution in [-0.4, -0.2) is 46.8 Å². The van der Waals surface area contributed by atoms with Crippen LogP contribution < -0.4 is 5.32 Å². The molecule has 5 nitrogen and oxygen atoms in total. The van der Waals surface area contributed by atoms with E-state index in [0.29, 0.717) is 23.4 Å². The molecule has 1 saturated heterocycles. The second-order valence-electron chi connectivity index (χ2n) is 7.55. The Labute approximate surface area is 153 Å². The van der Waals surface area contributed by atoms with Crippen LogP contribution >= 0.6 is 11.6 Å². The largest absolute Gasteiger partial charge is 0.355 e. The first-order valence-corrected chi connectivity index (χ1v) is 9.62. The molecule has 2 heterocycles. The Hall–Kier alpha value is -1.59. The van der Waals surface area contributed by atoms with Gasteiger partial charge < -0.3 is 10.2 Å². The Balaban J connectivity index is 1.27. The van der Waals surface area contributed by atoms with E-state index in [0.717, 1.165) is 24.0 Å². The lowest BCUT2D eigenvalue weighted by molar-refractivity contribution is -0.121. The van der Waals surface area contributed by atoms with Crippen LogP contribution in [0.15, 0.2) is 24.4 Å². The third-order valence-electron chi connectivity index (χ3n) is 5.56. The molecule has 1 aromatic carbocycles. The Morgan fingerprint density at radius 1 is 1.28 bits per heavy atom. The van der Waals surface area contributed by atoms with Crippen molar-refractivity contribution < 1.29 is 4.79 Å². The van der Waals surface area contributed by atoms with Crippen molar-refractivity contribution in [3.63, 3.8) is 0 Å². The molecular weight excluding hydrogens is 336 g/mol. The van der Waals surface area contributed by atoms with Crippen molar-refractivity contribution in [2.45, 2.75) is 38.6 Å². The lowest BCUT2D eigenvalue weighted by Crippen LogP contribution is -2.37. The van der Waals surface area contributed by atoms with Crippen molar-refractivity contribution in [1.29, 1.82) is 0 Å². The van der Waals surface area contributed by atoms with Crippen LogP contribution in [0, 0.1) is 5.41 Å². The van der Waals surface area contributed by atoms with Gasteiger partial charge in [-0.15, -0.1) is 0 Å². The number of likely N-dealkylation sites (tertiary alicyclic amines) is 1. The summed E-state index contributed by atoms with van der Waals surface area (Å²) in [6, 6.07) is 5.76. The molecule has 6 heteroatoms. The minimum Gasteiger partial charge on any atom is -0.355 e. The first kappa shape index (κ1) is 16.9. The monoisotopic (exact) mass is 360 g/mol. The van der Waals surface area contributed by atoms with Crippen LogP contribution in [0.25, 0.3) is 10.9 Å². The summed E-state index contributed by atoms with van der Waals surface area (Å²) in [5.74, 6) is 0.110. The van der Waals surface area contributed by atoms with Crippen LogP contribution in [0.2, 0.25) is 5.02 Å². The van der Waals surface area contributed by atoms with E-state index in [9.17, 15) is 4.79 Å². The summed E-state index contributed by atoms with van der Waals surface area (Å²) in [7, 11) is 0. The van der Waals surface area contributed by atoms with E-state index in [1.165, 1.54) is 38.8 Å². The smallest absolute Gasteiger partial charge is 0.221 e. The van der Waals surface area contributed by atoms with Crippen molar-refractivity contribution in [1.82, 2.24) is 20.0 Å². The maximum atomic E-state index is 12.3. The topological polar surface area (TPSA) is 50.2 Å². The fraction of sp³-hybridized carbons (Fsp3) is 0.579. The average molecular weight is 361 g/mol. The molecule has 1 N–H and O–H groups in total. The second-order valence-corrected chi connectivity index (χ2v) is 7.96. The van der Waals surface area contributed by atoms with Gasteiger partial charge in [-0.1, -0.05) is 17.7 Å². The SMILES string of the molecule is O=C(CCn1ncc2c(Cl)cccc21)NCC1(CN2CCCC2)CC1. The maximum absolute atomic E-state index is 12.3. The van der Waals surface area contributed by atoms with Crippen LogP contribution in [-0.2, 0) is 11.3 Å². The van der Waals surface area contributed by atoms with Gasteiger partial charge in [0, 0.05) is 30.3 Å². The van der Waals surface area contributed by atoms with Gasteiger partial charge in [0.2, 0.25) is 5.91 Å². The minimum atomic E-state index is 0.110. The fourth-order valence-corrected chi connectivity index (χ4v) is 4.03. The van der Waals surface area contributed by atoms with Gasteiger partial charge in [0.1, 0.15) is 0 Å². The summed E-state index contributed by atoms with van der Waals surface area (Å²) >= 11 is 6.17. The Kier molecular flexibility index (Phi) is 4.69. The molecule has 2 aliphatic rings. The Morgan fingerprint density at radius 2 is 2.08 bits per heavy atom. The lowest BCUT2D eigenvalue weighted by atomic mass is 10.1. The van der Waals surface area contributed by atoms with Crippen LogP contribution in [0.4, 0.5) is 0 Å². The number of benzene rings is 1. The summed E-state index contributed by atoms with van der Waals surface area (Å²) in [6.07, 6.45) is 7.35. The molecule has 4 rings (SSSR count). The normalized spacial score (nSPS) is 19.4. The Morgan fingerprint density at radius 3 is 2.84 bits per heavy atom. The molecule has 0 spiro atoms. The Bertz CT molecular complexity index is 762. The summed E-state index contributed by atoms with van der Waals surface area (Å²) in [4.78, 5) is 14.8. The first-order valence-electron chi connectivity index (χ1n) is 9.24. The number of halogens is 1. The highest BCUT2D eigenvalue weighted by molar-refractivity contribution is 6.35. The van der Waals surface area contributed by atoms with E-state index < -0.39 is 0 Å². The maximum Gasteiger partial charge on any atom is 0.221 e. The van der Waals surface area contributed by atoms with E-state index in [1.54, 1.807) is 6.20 Å². The van der Waals surface area contributed by atoms with Gasteiger partial charge in [-0.2, -0.15) is 5.10 Å². The molecule has 2 aromatic rings. The molecule has 1 amide bonds. The van der Waals surface area contributed by atoms with Gasteiger partial charge in [0.05, 0.1) is 23.3 Å². The van der Waals surface area contributed by atoms with Crippen molar-refractivity contribution >= 4 is 28.4 Å². The number of aryl methyl sites for hydroxylation is 1. The number of nitrogens with one attached hydrogen (secondary N) is 1. The van der Waals surface area contributed by atoms with Gasteiger partial charge in [0.15, 0.2) is 0 Å². The molecule has 0 radical (unpaired) electrons. The van der Waals surface area contributed by atoms with Crippen molar-refractivity contribution in [2.24, 2.45) is 5.41 Å². The number of fused-ring (bicyclic) bond motifs is 1. The molecule has 2 fully saturated rings. The summed E-state index contributed by atoms with van der Waals surface area (Å²) < 4.78 is 1.86. The lowest BCUT2D eigenvalue weighted by Gasteiger charge is -2.23. The predicted octanol–water partition coefficient (Wildman–Crippen LogP) is 3.07. The van der Waals surface area contributed by atoms with E-state index in [2.05, 4.69) is 15.3 Å². The van der Waals surface area contributed by atoms with Crippen molar-refractivity contribution in [3.8, 4) is 0 Å². The van der Waals surface area contributed by atoms with Gasteiger partial charge >= 0.3 is 0 Å². The number of hydrogen-bond donors (Lipinski definition) is 1. The third-order valence-corrected chi connectivity index (χ3v) is 5.89. The van der Waals surface area contributed by atoms with Crippen LogP contribution in [0.1, 0.15) is 32.1 Å². The highest BCUT2D eigenvalue weighted by Gasteiger charge is 2.44. The molecule has 0 unspecified atom stereocenters. The second kappa shape index (κ2) is 6.96. The number of rotatable bonds is 7. The molecule has 1 aliphatic heterocycles. The molecule has 1 aliphatic carbocycles. The van der Waals surface area contributed by atoms with Crippen molar-refractivity contribution in [3.05, 3.63) is 29.4 Å². The van der Waals surface area contributed by atoms with Gasteiger partial charge in [-0.25, -0.2) is 0 Å². The van der Waals surface area contributed by atoms with E-state index in [4.69, 9.17) is 11.6 Å². The number of hydrogen-bond acceptors (Lipinski definition) is 3. The molecule has 25 heavy (non-hydrogen) atoms. The first-order chi connectivity index (χ1) is 12.2. The zero-order valence-corrected chi connectivity index (χ0v) is 15.3. The standard InChI is InChI=1S/C19H25ClN4O/c20-16-4-3-5-17-15(16)12-22-24(17)11-6-18(25)21-13-19(7-8-19)14-23-9-1-2-10-23/h3-5,12H,1-2,6-11,13-14H2,(H,21,25).